The molecule has 2 rings (SSSR count). The smallest absolute Gasteiger partial charge is 0.330 e. The number of benzene rings is 1. The zero-order chi connectivity index (χ0) is 18.1. The van der Waals surface area contributed by atoms with Crippen LogP contribution in [0.1, 0.15) is 30.1 Å². The largest absolute Gasteiger partial charge is 0.463 e. The van der Waals surface area contributed by atoms with Crippen molar-refractivity contribution in [3.63, 3.8) is 0 Å². The molecule has 2 amide bonds. The van der Waals surface area contributed by atoms with E-state index in [0.29, 0.717) is 17.8 Å². The van der Waals surface area contributed by atoms with E-state index in [9.17, 15) is 14.4 Å². The second-order valence-electron chi connectivity index (χ2n) is 5.47. The molecule has 7 heteroatoms. The summed E-state index contributed by atoms with van der Waals surface area (Å²) in [6.45, 7) is 3.07. The third kappa shape index (κ3) is 6.04. The van der Waals surface area contributed by atoms with Crippen LogP contribution >= 0.6 is 0 Å². The average molecular weight is 346 g/mol. The lowest BCUT2D eigenvalue weighted by Gasteiger charge is -2.13. The van der Waals surface area contributed by atoms with Crippen molar-refractivity contribution < 1.29 is 23.9 Å². The first-order valence-electron chi connectivity index (χ1n) is 8.24. The van der Waals surface area contributed by atoms with Crippen LogP contribution < -0.4 is 10.6 Å². The predicted octanol–water partition coefficient (Wildman–Crippen LogP) is 1.65. The summed E-state index contributed by atoms with van der Waals surface area (Å²) in [5.41, 5.74) is 0.712. The van der Waals surface area contributed by atoms with Crippen molar-refractivity contribution in [2.75, 3.05) is 25.1 Å². The van der Waals surface area contributed by atoms with E-state index in [4.69, 9.17) is 9.47 Å². The van der Waals surface area contributed by atoms with E-state index in [-0.39, 0.29) is 18.6 Å². The Hall–Kier alpha value is -2.67. The van der Waals surface area contributed by atoms with Gasteiger partial charge in [-0.2, -0.15) is 0 Å². The molecule has 0 spiro atoms. The van der Waals surface area contributed by atoms with Gasteiger partial charge in [-0.3, -0.25) is 9.59 Å². The van der Waals surface area contributed by atoms with Crippen LogP contribution in [0.4, 0.5) is 5.69 Å². The van der Waals surface area contributed by atoms with Gasteiger partial charge in [-0.15, -0.1) is 0 Å². The van der Waals surface area contributed by atoms with Crippen molar-refractivity contribution in [3.05, 3.63) is 42.0 Å². The van der Waals surface area contributed by atoms with Crippen molar-refractivity contribution in [2.45, 2.75) is 25.9 Å². The number of ether oxygens (including phenoxy) is 2. The van der Waals surface area contributed by atoms with Crippen molar-refractivity contribution in [1.29, 1.82) is 0 Å². The number of rotatable bonds is 7. The summed E-state index contributed by atoms with van der Waals surface area (Å²) in [5, 5.41) is 5.41. The highest BCUT2D eigenvalue weighted by Crippen LogP contribution is 2.16. The van der Waals surface area contributed by atoms with Gasteiger partial charge in [0.05, 0.1) is 24.0 Å². The highest BCUT2D eigenvalue weighted by molar-refractivity contribution is 6.07. The summed E-state index contributed by atoms with van der Waals surface area (Å²) in [7, 11) is 0. The first-order chi connectivity index (χ1) is 12.1. The Morgan fingerprint density at radius 2 is 2.08 bits per heavy atom. The van der Waals surface area contributed by atoms with Gasteiger partial charge in [-0.1, -0.05) is 12.1 Å². The number of amides is 2. The van der Waals surface area contributed by atoms with E-state index in [1.807, 2.05) is 0 Å². The molecule has 1 atom stereocenters. The fourth-order valence-electron chi connectivity index (χ4n) is 2.41. The highest BCUT2D eigenvalue weighted by Gasteiger charge is 2.18. The number of hydrogen-bond acceptors (Lipinski definition) is 5. The molecule has 0 saturated carbocycles. The second kappa shape index (κ2) is 9.58. The summed E-state index contributed by atoms with van der Waals surface area (Å²) in [5.74, 6) is -1.41. The van der Waals surface area contributed by atoms with Gasteiger partial charge in [0.2, 0.25) is 5.91 Å². The molecule has 0 radical (unpaired) electrons. The summed E-state index contributed by atoms with van der Waals surface area (Å²) in [6.07, 6.45) is 4.08. The van der Waals surface area contributed by atoms with E-state index < -0.39 is 11.9 Å². The quantitative estimate of drug-likeness (QED) is 0.578. The molecule has 134 valence electrons. The molecule has 7 nitrogen and oxygen atoms in total. The number of carbonyl (C=O) groups excluding carboxylic acids is 3. The number of para-hydroxylation sites is 1. The van der Waals surface area contributed by atoms with Gasteiger partial charge < -0.3 is 20.1 Å². The zero-order valence-corrected chi connectivity index (χ0v) is 14.1. The van der Waals surface area contributed by atoms with Gasteiger partial charge in [0.15, 0.2) is 0 Å². The van der Waals surface area contributed by atoms with Crippen LogP contribution in [-0.2, 0) is 19.1 Å². The van der Waals surface area contributed by atoms with Crippen molar-refractivity contribution in [3.8, 4) is 0 Å². The molecule has 2 N–H and O–H groups in total. The lowest BCUT2D eigenvalue weighted by molar-refractivity contribution is -0.137. The first-order valence-corrected chi connectivity index (χ1v) is 8.24. The van der Waals surface area contributed by atoms with Crippen LogP contribution in [0.5, 0.6) is 0 Å². The Morgan fingerprint density at radius 3 is 2.80 bits per heavy atom. The van der Waals surface area contributed by atoms with Crippen molar-refractivity contribution in [1.82, 2.24) is 5.32 Å². The van der Waals surface area contributed by atoms with Crippen LogP contribution in [0, 0.1) is 0 Å². The summed E-state index contributed by atoms with van der Waals surface area (Å²) in [4.78, 5) is 35.5. The van der Waals surface area contributed by atoms with Gasteiger partial charge in [-0.05, 0) is 31.9 Å². The molecule has 1 aliphatic rings. The highest BCUT2D eigenvalue weighted by atomic mass is 16.5. The van der Waals surface area contributed by atoms with Gasteiger partial charge in [-0.25, -0.2) is 4.79 Å². The van der Waals surface area contributed by atoms with E-state index >= 15 is 0 Å². The number of nitrogens with one attached hydrogen (secondary N) is 2. The van der Waals surface area contributed by atoms with Crippen molar-refractivity contribution >= 4 is 23.5 Å². The Morgan fingerprint density at radius 1 is 1.28 bits per heavy atom. The van der Waals surface area contributed by atoms with Crippen molar-refractivity contribution in [2.24, 2.45) is 0 Å². The Balaban J connectivity index is 1.95. The third-order valence-corrected chi connectivity index (χ3v) is 3.60. The molecule has 1 aliphatic heterocycles. The van der Waals surface area contributed by atoms with Crippen LogP contribution in [0.15, 0.2) is 36.4 Å². The number of carbonyl (C=O) groups is 3. The van der Waals surface area contributed by atoms with Gasteiger partial charge >= 0.3 is 5.97 Å². The molecule has 25 heavy (non-hydrogen) atoms. The Kier molecular flexibility index (Phi) is 7.16. The maximum absolute atomic E-state index is 12.3. The number of anilines is 1. The minimum absolute atomic E-state index is 0.0400. The van der Waals surface area contributed by atoms with Gasteiger partial charge in [0.25, 0.3) is 5.91 Å². The summed E-state index contributed by atoms with van der Waals surface area (Å²) < 4.78 is 10.2. The lowest BCUT2D eigenvalue weighted by Crippen LogP contribution is -2.32. The topological polar surface area (TPSA) is 93.7 Å². The molecular weight excluding hydrogens is 324 g/mol. The van der Waals surface area contributed by atoms with Gasteiger partial charge in [0.1, 0.15) is 0 Å². The van der Waals surface area contributed by atoms with Crippen LogP contribution in [-0.4, -0.2) is 43.6 Å². The standard InChI is InChI=1S/C18H22N2O5/c1-2-24-17(22)10-9-16(21)20-15-8-4-3-7-14(15)18(23)19-12-13-6-5-11-25-13/h3-4,7-10,13H,2,5-6,11-12H2,1H3,(H,19,23)(H,20,21)/b10-9+. The Labute approximate surface area is 146 Å². The zero-order valence-electron chi connectivity index (χ0n) is 14.1. The minimum atomic E-state index is -0.597. The minimum Gasteiger partial charge on any atom is -0.463 e. The fourth-order valence-corrected chi connectivity index (χ4v) is 2.41. The normalized spacial score (nSPS) is 16.6. The molecule has 1 fully saturated rings. The molecular formula is C18H22N2O5. The predicted molar refractivity (Wildman–Crippen MR) is 92.2 cm³/mol. The Bertz CT molecular complexity index is 651. The molecule has 1 unspecified atom stereocenters. The third-order valence-electron chi connectivity index (χ3n) is 3.60. The summed E-state index contributed by atoms with van der Waals surface area (Å²) >= 11 is 0. The molecule has 0 aromatic heterocycles. The summed E-state index contributed by atoms with van der Waals surface area (Å²) in [6, 6.07) is 6.67. The molecule has 0 bridgehead atoms. The number of esters is 1. The second-order valence-corrected chi connectivity index (χ2v) is 5.47. The maximum atomic E-state index is 12.3. The van der Waals surface area contributed by atoms with Crippen LogP contribution in [0.2, 0.25) is 0 Å². The van der Waals surface area contributed by atoms with E-state index in [0.717, 1.165) is 31.6 Å². The van der Waals surface area contributed by atoms with Gasteiger partial charge in [0, 0.05) is 25.3 Å². The lowest BCUT2D eigenvalue weighted by atomic mass is 10.1. The SMILES string of the molecule is CCOC(=O)/C=C/C(=O)Nc1ccccc1C(=O)NCC1CCCO1. The maximum Gasteiger partial charge on any atom is 0.330 e. The molecule has 1 aromatic rings. The monoisotopic (exact) mass is 346 g/mol. The molecule has 1 aromatic carbocycles. The van der Waals surface area contributed by atoms with Crippen LogP contribution in [0.3, 0.4) is 0 Å². The average Bonchev–Trinajstić information content (AvgIpc) is 3.12. The molecule has 0 aliphatic carbocycles. The molecule has 1 saturated heterocycles. The number of hydrogen-bond donors (Lipinski definition) is 2. The fraction of sp³-hybridized carbons (Fsp3) is 0.389. The van der Waals surface area contributed by atoms with E-state index in [1.54, 1.807) is 31.2 Å². The van der Waals surface area contributed by atoms with E-state index in [1.165, 1.54) is 0 Å². The first kappa shape index (κ1) is 18.7. The molecule has 1 heterocycles. The van der Waals surface area contributed by atoms with E-state index in [2.05, 4.69) is 10.6 Å². The van der Waals surface area contributed by atoms with Crippen LogP contribution in [0.25, 0.3) is 0 Å².